The summed E-state index contributed by atoms with van der Waals surface area (Å²) in [6, 6.07) is 5.94. The van der Waals surface area contributed by atoms with E-state index >= 15 is 0 Å². The van der Waals surface area contributed by atoms with Gasteiger partial charge in [0.15, 0.2) is 11.5 Å². The summed E-state index contributed by atoms with van der Waals surface area (Å²) in [6.07, 6.45) is 4.68. The van der Waals surface area contributed by atoms with E-state index < -0.39 is 11.9 Å². The molecular formula is C19H18FN7O2. The number of halogens is 1. The van der Waals surface area contributed by atoms with Gasteiger partial charge in [-0.25, -0.2) is 23.9 Å². The highest BCUT2D eigenvalue weighted by atomic mass is 19.1. The van der Waals surface area contributed by atoms with Crippen LogP contribution >= 0.6 is 0 Å². The molecule has 0 radical (unpaired) electrons. The van der Waals surface area contributed by atoms with E-state index in [1.165, 1.54) is 6.07 Å². The molecule has 148 valence electrons. The average molecular weight is 395 g/mol. The lowest BCUT2D eigenvalue weighted by molar-refractivity contribution is 0.298. The van der Waals surface area contributed by atoms with E-state index in [-0.39, 0.29) is 17.7 Å². The van der Waals surface area contributed by atoms with Gasteiger partial charge in [0.25, 0.3) is 5.56 Å². The number of aromatic amines is 1. The van der Waals surface area contributed by atoms with Crippen molar-refractivity contribution in [1.29, 1.82) is 0 Å². The van der Waals surface area contributed by atoms with E-state index in [1.807, 2.05) is 0 Å². The molecule has 0 spiro atoms. The minimum atomic E-state index is -0.520. The van der Waals surface area contributed by atoms with Gasteiger partial charge in [0.05, 0.1) is 12.2 Å². The average Bonchev–Trinajstić information content (AvgIpc) is 3.13. The second-order valence-corrected chi connectivity index (χ2v) is 6.45. The Morgan fingerprint density at radius 1 is 1.31 bits per heavy atom. The number of aliphatic hydroxyl groups is 1. The highest BCUT2D eigenvalue weighted by Crippen LogP contribution is 2.20. The number of aromatic nitrogens is 6. The Hall–Kier alpha value is -3.66. The molecule has 0 aliphatic heterocycles. The Bertz CT molecular complexity index is 1220. The van der Waals surface area contributed by atoms with Crippen molar-refractivity contribution in [3.63, 3.8) is 0 Å². The molecular weight excluding hydrogens is 377 g/mol. The quantitative estimate of drug-likeness (QED) is 0.454. The maximum Gasteiger partial charge on any atom is 0.253 e. The molecule has 0 unspecified atom stereocenters. The number of hydrogen-bond acceptors (Lipinski definition) is 7. The number of H-pyrrole nitrogens is 1. The van der Waals surface area contributed by atoms with Gasteiger partial charge in [-0.05, 0) is 31.2 Å². The lowest BCUT2D eigenvalue weighted by atomic mass is 10.1. The Morgan fingerprint density at radius 2 is 2.17 bits per heavy atom. The molecule has 3 N–H and O–H groups in total. The van der Waals surface area contributed by atoms with Crippen LogP contribution in [0.15, 0.2) is 47.7 Å². The third kappa shape index (κ3) is 3.83. The van der Waals surface area contributed by atoms with Crippen molar-refractivity contribution in [2.45, 2.75) is 19.4 Å². The highest BCUT2D eigenvalue weighted by Gasteiger charge is 2.14. The Morgan fingerprint density at radius 3 is 3.00 bits per heavy atom. The summed E-state index contributed by atoms with van der Waals surface area (Å²) in [5, 5.41) is 16.7. The number of aliphatic hydroxyl groups excluding tert-OH is 1. The minimum Gasteiger partial charge on any atom is -0.396 e. The highest BCUT2D eigenvalue weighted by molar-refractivity contribution is 5.57. The molecule has 1 atom stereocenters. The van der Waals surface area contributed by atoms with Crippen LogP contribution in [0.25, 0.3) is 17.2 Å². The van der Waals surface area contributed by atoms with Crippen molar-refractivity contribution in [2.24, 2.45) is 0 Å². The molecule has 9 nitrogen and oxygen atoms in total. The van der Waals surface area contributed by atoms with Gasteiger partial charge in [-0.1, -0.05) is 0 Å². The van der Waals surface area contributed by atoms with Crippen LogP contribution in [0.2, 0.25) is 0 Å². The van der Waals surface area contributed by atoms with Crippen molar-refractivity contribution < 1.29 is 9.50 Å². The smallest absolute Gasteiger partial charge is 0.253 e. The summed E-state index contributed by atoms with van der Waals surface area (Å²) < 4.78 is 15.1. The molecule has 10 heteroatoms. The van der Waals surface area contributed by atoms with Gasteiger partial charge in [0.1, 0.15) is 17.3 Å². The minimum absolute atomic E-state index is 0.00692. The van der Waals surface area contributed by atoms with Gasteiger partial charge in [-0.15, -0.1) is 5.10 Å². The van der Waals surface area contributed by atoms with Crippen molar-refractivity contribution in [3.05, 3.63) is 70.3 Å². The van der Waals surface area contributed by atoms with Gasteiger partial charge in [-0.2, -0.15) is 0 Å². The van der Waals surface area contributed by atoms with Crippen LogP contribution in [0, 0.1) is 5.82 Å². The van der Waals surface area contributed by atoms with Gasteiger partial charge >= 0.3 is 0 Å². The number of pyridine rings is 1. The zero-order valence-electron chi connectivity index (χ0n) is 15.5. The first-order valence-electron chi connectivity index (χ1n) is 8.98. The van der Waals surface area contributed by atoms with Crippen molar-refractivity contribution in [1.82, 2.24) is 29.5 Å². The lowest BCUT2D eigenvalue weighted by Gasteiger charge is -2.14. The number of nitrogens with one attached hydrogen (secondary N) is 2. The van der Waals surface area contributed by atoms with Gasteiger partial charge < -0.3 is 15.4 Å². The maximum absolute atomic E-state index is 13.5. The predicted octanol–water partition coefficient (Wildman–Crippen LogP) is 1.72. The van der Waals surface area contributed by atoms with Crippen LogP contribution < -0.4 is 10.9 Å². The fourth-order valence-corrected chi connectivity index (χ4v) is 2.97. The lowest BCUT2D eigenvalue weighted by Crippen LogP contribution is -2.20. The van der Waals surface area contributed by atoms with E-state index in [4.69, 9.17) is 5.11 Å². The first-order chi connectivity index (χ1) is 14.0. The number of rotatable bonds is 6. The standard InChI is InChI=1S/C19H18FN7O2/c1-11(14-8-12(20)9-23-19(14)29)24-16-2-3-17-22-10-15(27(17)26-16)18-21-6-4-13(25-18)5-7-28/h2-4,6,8-11,28H,5,7H2,1H3,(H,23,29)(H,24,26)/t11-/m1/s1. The van der Waals surface area contributed by atoms with Gasteiger partial charge in [0, 0.05) is 36.7 Å². The molecule has 0 aromatic carbocycles. The third-order valence-corrected chi connectivity index (χ3v) is 4.40. The summed E-state index contributed by atoms with van der Waals surface area (Å²) in [5.41, 5.74) is 1.78. The fourth-order valence-electron chi connectivity index (χ4n) is 2.97. The Kier molecular flexibility index (Phi) is 5.00. The molecule has 0 amide bonds. The predicted molar refractivity (Wildman–Crippen MR) is 104 cm³/mol. The maximum atomic E-state index is 13.5. The molecule has 0 aliphatic carbocycles. The molecule has 4 aromatic rings. The summed E-state index contributed by atoms with van der Waals surface area (Å²) in [7, 11) is 0. The zero-order valence-corrected chi connectivity index (χ0v) is 15.5. The summed E-state index contributed by atoms with van der Waals surface area (Å²) >= 11 is 0. The van der Waals surface area contributed by atoms with E-state index in [0.717, 1.165) is 6.20 Å². The molecule has 4 heterocycles. The van der Waals surface area contributed by atoms with Crippen molar-refractivity contribution >= 4 is 11.5 Å². The van der Waals surface area contributed by atoms with Gasteiger partial charge in [-0.3, -0.25) is 4.79 Å². The molecule has 4 rings (SSSR count). The molecule has 0 saturated carbocycles. The van der Waals surface area contributed by atoms with Crippen LogP contribution in [0.4, 0.5) is 10.2 Å². The van der Waals surface area contributed by atoms with E-state index in [1.54, 1.807) is 42.0 Å². The summed E-state index contributed by atoms with van der Waals surface area (Å²) in [6.45, 7) is 1.74. The zero-order chi connectivity index (χ0) is 20.4. The normalized spacial score (nSPS) is 12.2. The molecule has 29 heavy (non-hydrogen) atoms. The molecule has 0 fully saturated rings. The van der Waals surface area contributed by atoms with Crippen molar-refractivity contribution in [3.8, 4) is 11.5 Å². The number of imidazole rings is 1. The molecule has 0 bridgehead atoms. The van der Waals surface area contributed by atoms with Crippen LogP contribution in [0.3, 0.4) is 0 Å². The first-order valence-corrected chi connectivity index (χ1v) is 8.98. The number of hydrogen-bond donors (Lipinski definition) is 3. The molecule has 0 aliphatic rings. The third-order valence-electron chi connectivity index (χ3n) is 4.40. The number of nitrogens with zero attached hydrogens (tertiary/aromatic N) is 5. The van der Waals surface area contributed by atoms with Crippen LogP contribution in [0.5, 0.6) is 0 Å². The molecule has 0 saturated heterocycles. The Labute approximate surface area is 164 Å². The SMILES string of the molecule is C[C@@H](Nc1ccc2ncc(-c3nccc(CCO)n3)n2n1)c1cc(F)c[nH]c1=O. The molecule has 4 aromatic heterocycles. The van der Waals surface area contributed by atoms with E-state index in [2.05, 4.69) is 30.4 Å². The second kappa shape index (κ2) is 7.76. The summed E-state index contributed by atoms with van der Waals surface area (Å²) in [4.78, 5) is 27.4. The Balaban J connectivity index is 1.67. The van der Waals surface area contributed by atoms with E-state index in [0.29, 0.717) is 35.1 Å². The largest absolute Gasteiger partial charge is 0.396 e. The topological polar surface area (TPSA) is 121 Å². The van der Waals surface area contributed by atoms with E-state index in [9.17, 15) is 9.18 Å². The van der Waals surface area contributed by atoms with Gasteiger partial charge in [0.2, 0.25) is 0 Å². The number of fused-ring (bicyclic) bond motifs is 1. The number of anilines is 1. The second-order valence-electron chi connectivity index (χ2n) is 6.45. The monoisotopic (exact) mass is 395 g/mol. The van der Waals surface area contributed by atoms with Crippen LogP contribution in [-0.2, 0) is 6.42 Å². The first kappa shape index (κ1) is 18.7. The summed E-state index contributed by atoms with van der Waals surface area (Å²) in [5.74, 6) is 0.385. The van der Waals surface area contributed by atoms with Crippen LogP contribution in [-0.4, -0.2) is 41.3 Å². The van der Waals surface area contributed by atoms with Crippen LogP contribution in [0.1, 0.15) is 24.2 Å². The fraction of sp³-hybridized carbons (Fsp3) is 0.211. The van der Waals surface area contributed by atoms with Crippen molar-refractivity contribution in [2.75, 3.05) is 11.9 Å².